The minimum Gasteiger partial charge on any atom is -1.00 e. The van der Waals surface area contributed by atoms with Crippen LogP contribution in [-0.4, -0.2) is 35.1 Å². The van der Waals surface area contributed by atoms with Crippen molar-refractivity contribution in [3.05, 3.63) is 5.32 Å². The molecule has 0 aromatic carbocycles. The molecule has 0 unspecified atom stereocenters. The van der Waals surface area contributed by atoms with Gasteiger partial charge in [0.2, 0.25) is 0 Å². The van der Waals surface area contributed by atoms with E-state index in [9.17, 15) is 0 Å². The summed E-state index contributed by atoms with van der Waals surface area (Å²) >= 11 is 0. The predicted molar refractivity (Wildman–Crippen MR) is 39.4 cm³/mol. The smallest absolute Gasteiger partial charge is 1.00 e. The summed E-state index contributed by atoms with van der Waals surface area (Å²) in [6.07, 6.45) is 0. The van der Waals surface area contributed by atoms with Crippen molar-refractivity contribution < 1.29 is 17.0 Å². The Labute approximate surface area is 84.9 Å². The number of hydrogen-bond donors (Lipinski definition) is 0. The fourth-order valence-electron chi connectivity index (χ4n) is 0.596. The Kier molecular flexibility index (Phi) is 17.0. The maximum Gasteiger partial charge on any atom is 2.00 e. The van der Waals surface area contributed by atoms with Crippen molar-refractivity contribution >= 4 is 23.1 Å². The van der Waals surface area contributed by atoms with E-state index in [0.29, 0.717) is 12.1 Å². The van der Waals surface area contributed by atoms with Crippen LogP contribution in [0.1, 0.15) is 27.7 Å². The van der Waals surface area contributed by atoms with Crippen LogP contribution in [-0.2, 0) is 0 Å². The van der Waals surface area contributed by atoms with Gasteiger partial charge in [0.25, 0.3) is 0 Å². The van der Waals surface area contributed by atoms with Gasteiger partial charge in [-0.05, 0) is 0 Å². The maximum atomic E-state index is 4.28. The number of hydrogen-bond acceptors (Lipinski definition) is 0. The third-order valence-corrected chi connectivity index (χ3v) is 0.596. The molecule has 0 aliphatic carbocycles. The molecule has 0 amide bonds. The number of nitrogens with zero attached hydrogens (tertiary/aromatic N) is 1. The minimum atomic E-state index is 0. The van der Waals surface area contributed by atoms with Crippen LogP contribution in [0.4, 0.5) is 0 Å². The Morgan fingerprint density at radius 3 is 1.11 bits per heavy atom. The summed E-state index contributed by atoms with van der Waals surface area (Å²) in [6, 6.07) is 1.000. The van der Waals surface area contributed by atoms with Gasteiger partial charge >= 0.3 is 23.1 Å². The zero-order valence-corrected chi connectivity index (χ0v) is 9.69. The monoisotopic (exact) mass is 203 g/mol. The van der Waals surface area contributed by atoms with Crippen molar-refractivity contribution in [3.63, 3.8) is 0 Å². The van der Waals surface area contributed by atoms with Crippen LogP contribution in [0.2, 0.25) is 0 Å². The topological polar surface area (TPSA) is 14.1 Å². The second-order valence-electron chi connectivity index (χ2n) is 2.34. The van der Waals surface area contributed by atoms with Gasteiger partial charge in [0.15, 0.2) is 0 Å². The fraction of sp³-hybridized carbons (Fsp3) is 1.00. The van der Waals surface area contributed by atoms with E-state index in [1.807, 2.05) is 0 Å². The first-order chi connectivity index (χ1) is 3.13. The van der Waals surface area contributed by atoms with Crippen molar-refractivity contribution in [3.8, 4) is 0 Å². The van der Waals surface area contributed by atoms with E-state index in [-0.39, 0.29) is 40.0 Å². The van der Waals surface area contributed by atoms with E-state index in [1.54, 1.807) is 0 Å². The molecule has 0 N–H and O–H groups in total. The van der Waals surface area contributed by atoms with E-state index in [0.717, 1.165) is 0 Å². The Morgan fingerprint density at radius 2 is 1.11 bits per heavy atom. The molecule has 0 aliphatic rings. The molecule has 0 radical (unpaired) electrons. The van der Waals surface area contributed by atoms with E-state index < -0.39 is 0 Å². The molecular weight excluding hydrogens is 190 g/mol. The van der Waals surface area contributed by atoms with Crippen molar-refractivity contribution in [2.24, 2.45) is 0 Å². The van der Waals surface area contributed by atoms with Gasteiger partial charge in [0.1, 0.15) is 0 Å². The third-order valence-electron chi connectivity index (χ3n) is 0.596. The molecule has 0 spiro atoms. The predicted octanol–water partition coefficient (Wildman–Crippen LogP) is -1.20. The number of halogens is 1. The standard InChI is InChI=1S/C6H14N.BrH.Mg/c1-5(2)7-6(3)4;;/h5-6H,1-4H3;1H;/q-1;;+2/p-1. The summed E-state index contributed by atoms with van der Waals surface area (Å²) in [4.78, 5) is 0. The molecule has 9 heavy (non-hydrogen) atoms. The Bertz CT molecular complexity index is 42.3. The van der Waals surface area contributed by atoms with Crippen LogP contribution in [0, 0.1) is 0 Å². The second-order valence-corrected chi connectivity index (χ2v) is 2.34. The molecule has 52 valence electrons. The van der Waals surface area contributed by atoms with Gasteiger partial charge in [0, 0.05) is 0 Å². The van der Waals surface area contributed by atoms with E-state index in [1.165, 1.54) is 0 Å². The van der Waals surface area contributed by atoms with Gasteiger partial charge in [-0.1, -0.05) is 27.7 Å². The van der Waals surface area contributed by atoms with Crippen LogP contribution in [0.15, 0.2) is 0 Å². The zero-order chi connectivity index (χ0) is 5.86. The first-order valence-corrected chi connectivity index (χ1v) is 2.83. The van der Waals surface area contributed by atoms with Gasteiger partial charge in [0.05, 0.1) is 0 Å². The van der Waals surface area contributed by atoms with E-state index >= 15 is 0 Å². The van der Waals surface area contributed by atoms with Crippen molar-refractivity contribution in [1.82, 2.24) is 0 Å². The molecule has 0 bridgehead atoms. The summed E-state index contributed by atoms with van der Waals surface area (Å²) in [5.74, 6) is 0. The van der Waals surface area contributed by atoms with Gasteiger partial charge in [-0.3, -0.25) is 0 Å². The largest absolute Gasteiger partial charge is 2.00 e. The Balaban J connectivity index is -0.000000180. The van der Waals surface area contributed by atoms with Crippen LogP contribution in [0.3, 0.4) is 0 Å². The normalized spacial score (nSPS) is 8.67. The van der Waals surface area contributed by atoms with Gasteiger partial charge < -0.3 is 22.3 Å². The second kappa shape index (κ2) is 9.21. The summed E-state index contributed by atoms with van der Waals surface area (Å²) in [6.45, 7) is 8.39. The molecule has 0 aliphatic heterocycles. The molecule has 3 heteroatoms. The molecule has 0 atom stereocenters. The quantitative estimate of drug-likeness (QED) is 0.502. The van der Waals surface area contributed by atoms with Crippen molar-refractivity contribution in [2.45, 2.75) is 39.8 Å². The summed E-state index contributed by atoms with van der Waals surface area (Å²) in [5, 5.41) is 4.28. The zero-order valence-electron chi connectivity index (χ0n) is 6.69. The average molecular weight is 204 g/mol. The first-order valence-electron chi connectivity index (χ1n) is 2.83. The molecule has 0 aromatic heterocycles. The maximum absolute atomic E-state index is 4.28. The molecule has 0 aromatic rings. The number of rotatable bonds is 2. The molecule has 1 nitrogen and oxygen atoms in total. The summed E-state index contributed by atoms with van der Waals surface area (Å²) in [7, 11) is 0. The average Bonchev–Trinajstić information content (AvgIpc) is 1.27. The van der Waals surface area contributed by atoms with Crippen molar-refractivity contribution in [2.75, 3.05) is 0 Å². The minimum absolute atomic E-state index is 0. The fourth-order valence-corrected chi connectivity index (χ4v) is 0.596. The molecule has 0 saturated heterocycles. The third kappa shape index (κ3) is 17.6. The Morgan fingerprint density at radius 1 is 0.889 bits per heavy atom. The molecule has 0 rings (SSSR count). The Hall–Kier alpha value is 1.21. The molecular formula is C6H14BrMgN. The molecule has 0 saturated carbocycles. The van der Waals surface area contributed by atoms with Gasteiger partial charge in [-0.25, -0.2) is 0 Å². The molecule has 0 heterocycles. The van der Waals surface area contributed by atoms with Crippen LogP contribution in [0.5, 0.6) is 0 Å². The SMILES string of the molecule is CC(C)[N-]C(C)C.[Br-].[Mg+2]. The van der Waals surface area contributed by atoms with Crippen LogP contribution in [0.25, 0.3) is 5.32 Å². The first kappa shape index (κ1) is 16.7. The van der Waals surface area contributed by atoms with E-state index in [2.05, 4.69) is 33.0 Å². The summed E-state index contributed by atoms with van der Waals surface area (Å²) in [5.41, 5.74) is 0. The van der Waals surface area contributed by atoms with Crippen LogP contribution < -0.4 is 17.0 Å². The van der Waals surface area contributed by atoms with E-state index in [4.69, 9.17) is 0 Å². The van der Waals surface area contributed by atoms with Gasteiger partial charge in [-0.15, -0.1) is 12.1 Å². The van der Waals surface area contributed by atoms with Gasteiger partial charge in [-0.2, -0.15) is 0 Å². The van der Waals surface area contributed by atoms with Crippen LogP contribution >= 0.6 is 0 Å². The summed E-state index contributed by atoms with van der Waals surface area (Å²) < 4.78 is 0. The molecule has 0 fully saturated rings. The van der Waals surface area contributed by atoms with Crippen molar-refractivity contribution in [1.29, 1.82) is 0 Å².